The monoisotopic (exact) mass is 269 g/mol. The van der Waals surface area contributed by atoms with Gasteiger partial charge < -0.3 is 10.0 Å². The van der Waals surface area contributed by atoms with Crippen molar-refractivity contribution in [1.82, 2.24) is 4.90 Å². The number of halogens is 2. The molecular formula is C13H13F2NO3. The minimum absolute atomic E-state index is 0.0309. The van der Waals surface area contributed by atoms with Gasteiger partial charge in [-0.1, -0.05) is 0 Å². The summed E-state index contributed by atoms with van der Waals surface area (Å²) in [6.45, 7) is 1.68. The third kappa shape index (κ3) is 2.57. The lowest BCUT2D eigenvalue weighted by Crippen LogP contribution is -2.30. The van der Waals surface area contributed by atoms with E-state index in [0.29, 0.717) is 6.42 Å². The maximum atomic E-state index is 13.7. The van der Waals surface area contributed by atoms with Crippen molar-refractivity contribution in [2.75, 3.05) is 13.1 Å². The number of hydrogen-bond acceptors (Lipinski definition) is 2. The minimum Gasteiger partial charge on any atom is -0.481 e. The topological polar surface area (TPSA) is 57.6 Å². The summed E-state index contributed by atoms with van der Waals surface area (Å²) in [7, 11) is 0. The lowest BCUT2D eigenvalue weighted by molar-refractivity contribution is -0.141. The van der Waals surface area contributed by atoms with Gasteiger partial charge in [0.2, 0.25) is 0 Å². The number of hydrogen-bond donors (Lipinski definition) is 1. The highest BCUT2D eigenvalue weighted by atomic mass is 19.1. The van der Waals surface area contributed by atoms with E-state index in [4.69, 9.17) is 5.11 Å². The number of aliphatic carboxylic acids is 1. The molecule has 4 nitrogen and oxygen atoms in total. The predicted molar refractivity (Wildman–Crippen MR) is 62.7 cm³/mol. The summed E-state index contributed by atoms with van der Waals surface area (Å²) in [4.78, 5) is 24.1. The Balaban J connectivity index is 2.22. The van der Waals surface area contributed by atoms with Crippen LogP contribution < -0.4 is 0 Å². The van der Waals surface area contributed by atoms with Gasteiger partial charge in [-0.15, -0.1) is 0 Å². The largest absolute Gasteiger partial charge is 0.481 e. The second-order valence-corrected chi connectivity index (χ2v) is 4.66. The van der Waals surface area contributed by atoms with Crippen LogP contribution in [-0.4, -0.2) is 35.0 Å². The zero-order chi connectivity index (χ0) is 14.2. The van der Waals surface area contributed by atoms with Gasteiger partial charge in [-0.2, -0.15) is 0 Å². The number of carbonyl (C=O) groups excluding carboxylic acids is 1. The highest BCUT2D eigenvalue weighted by molar-refractivity contribution is 5.95. The molecule has 19 heavy (non-hydrogen) atoms. The Morgan fingerprint density at radius 3 is 2.58 bits per heavy atom. The van der Waals surface area contributed by atoms with Crippen LogP contribution >= 0.6 is 0 Å². The van der Waals surface area contributed by atoms with E-state index in [1.807, 2.05) is 0 Å². The Labute approximate surface area is 108 Å². The van der Waals surface area contributed by atoms with Crippen LogP contribution in [-0.2, 0) is 4.79 Å². The number of benzene rings is 1. The van der Waals surface area contributed by atoms with E-state index in [2.05, 4.69) is 0 Å². The van der Waals surface area contributed by atoms with Crippen LogP contribution in [0.2, 0.25) is 0 Å². The molecule has 0 aliphatic carbocycles. The first-order chi connectivity index (χ1) is 8.90. The van der Waals surface area contributed by atoms with Crippen LogP contribution in [0.3, 0.4) is 0 Å². The summed E-state index contributed by atoms with van der Waals surface area (Å²) in [5.74, 6) is -3.73. The van der Waals surface area contributed by atoms with Crippen molar-refractivity contribution >= 4 is 11.9 Å². The summed E-state index contributed by atoms with van der Waals surface area (Å²) < 4.78 is 27.0. The lowest BCUT2D eigenvalue weighted by Gasteiger charge is -2.16. The minimum atomic E-state index is -0.981. The standard InChI is InChI=1S/C13H13F2NO3/c1-7-4-11(15)9(5-10(7)14)12(17)16-3-2-8(6-16)13(18)19/h4-5,8H,2-3,6H2,1H3,(H,18,19). The van der Waals surface area contributed by atoms with Gasteiger partial charge in [-0.25, -0.2) is 8.78 Å². The first-order valence-corrected chi connectivity index (χ1v) is 5.88. The number of carboxylic acid groups (broad SMARTS) is 1. The van der Waals surface area contributed by atoms with Crippen molar-refractivity contribution in [2.24, 2.45) is 5.92 Å². The maximum Gasteiger partial charge on any atom is 0.308 e. The second-order valence-electron chi connectivity index (χ2n) is 4.66. The average Bonchev–Trinajstić information content (AvgIpc) is 2.82. The molecule has 1 fully saturated rings. The number of aryl methyl sites for hydroxylation is 1. The fraction of sp³-hybridized carbons (Fsp3) is 0.385. The van der Waals surface area contributed by atoms with Crippen LogP contribution in [0.25, 0.3) is 0 Å². The van der Waals surface area contributed by atoms with E-state index in [0.717, 1.165) is 12.1 Å². The molecule has 1 aliphatic heterocycles. The van der Waals surface area contributed by atoms with Gasteiger partial charge in [0.15, 0.2) is 0 Å². The molecule has 6 heteroatoms. The molecule has 1 aromatic carbocycles. The van der Waals surface area contributed by atoms with Crippen molar-refractivity contribution in [1.29, 1.82) is 0 Å². The van der Waals surface area contributed by atoms with Gasteiger partial charge in [-0.3, -0.25) is 9.59 Å². The van der Waals surface area contributed by atoms with Gasteiger partial charge in [-0.05, 0) is 31.0 Å². The molecule has 1 heterocycles. The van der Waals surface area contributed by atoms with Gasteiger partial charge >= 0.3 is 5.97 Å². The van der Waals surface area contributed by atoms with Gasteiger partial charge in [0, 0.05) is 13.1 Å². The van der Waals surface area contributed by atoms with Crippen LogP contribution in [0.1, 0.15) is 22.3 Å². The smallest absolute Gasteiger partial charge is 0.308 e. The lowest BCUT2D eigenvalue weighted by atomic mass is 10.1. The summed E-state index contributed by atoms with van der Waals surface area (Å²) in [6, 6.07) is 1.83. The maximum absolute atomic E-state index is 13.7. The molecule has 0 radical (unpaired) electrons. The molecule has 0 aromatic heterocycles. The quantitative estimate of drug-likeness (QED) is 0.891. The average molecular weight is 269 g/mol. The Hall–Kier alpha value is -1.98. The molecule has 0 spiro atoms. The number of carbonyl (C=O) groups is 2. The molecular weight excluding hydrogens is 256 g/mol. The van der Waals surface area contributed by atoms with Crippen molar-refractivity contribution < 1.29 is 23.5 Å². The van der Waals surface area contributed by atoms with Crippen molar-refractivity contribution in [2.45, 2.75) is 13.3 Å². The summed E-state index contributed by atoms with van der Waals surface area (Å²) in [6.07, 6.45) is 0.330. The normalized spacial score (nSPS) is 18.7. The second kappa shape index (κ2) is 4.95. The van der Waals surface area contributed by atoms with Crippen LogP contribution in [0, 0.1) is 24.5 Å². The molecule has 0 saturated carbocycles. The molecule has 1 aliphatic rings. The third-order valence-electron chi connectivity index (χ3n) is 3.30. The van der Waals surface area contributed by atoms with E-state index >= 15 is 0 Å². The highest BCUT2D eigenvalue weighted by Gasteiger charge is 2.32. The van der Waals surface area contributed by atoms with E-state index in [9.17, 15) is 18.4 Å². The predicted octanol–water partition coefficient (Wildman–Crippen LogP) is 1.82. The third-order valence-corrected chi connectivity index (χ3v) is 3.30. The Bertz CT molecular complexity index is 545. The number of likely N-dealkylation sites (tertiary alicyclic amines) is 1. The number of amides is 1. The van der Waals surface area contributed by atoms with Crippen molar-refractivity contribution in [3.8, 4) is 0 Å². The summed E-state index contributed by atoms with van der Waals surface area (Å²) in [5, 5.41) is 8.85. The number of rotatable bonds is 2. The fourth-order valence-electron chi connectivity index (χ4n) is 2.13. The van der Waals surface area contributed by atoms with Gasteiger partial charge in [0.1, 0.15) is 11.6 Å². The molecule has 2 rings (SSSR count). The molecule has 1 saturated heterocycles. The van der Waals surface area contributed by atoms with Gasteiger partial charge in [0.05, 0.1) is 11.5 Å². The van der Waals surface area contributed by atoms with Crippen molar-refractivity contribution in [3.63, 3.8) is 0 Å². The molecule has 1 unspecified atom stereocenters. The van der Waals surface area contributed by atoms with E-state index in [-0.39, 0.29) is 24.2 Å². The molecule has 1 N–H and O–H groups in total. The molecule has 1 amide bonds. The fourth-order valence-corrected chi connectivity index (χ4v) is 2.13. The molecule has 1 aromatic rings. The first kappa shape index (κ1) is 13.5. The molecule has 102 valence electrons. The molecule has 1 atom stereocenters. The Kier molecular flexibility index (Phi) is 3.50. The first-order valence-electron chi connectivity index (χ1n) is 5.88. The number of carboxylic acids is 1. The highest BCUT2D eigenvalue weighted by Crippen LogP contribution is 2.21. The van der Waals surface area contributed by atoms with Crippen molar-refractivity contribution in [3.05, 3.63) is 34.9 Å². The van der Waals surface area contributed by atoms with E-state index < -0.39 is 29.4 Å². The SMILES string of the molecule is Cc1cc(F)c(C(=O)N2CCC(C(=O)O)C2)cc1F. The molecule has 0 bridgehead atoms. The van der Waals surface area contributed by atoms with E-state index in [1.165, 1.54) is 11.8 Å². The summed E-state index contributed by atoms with van der Waals surface area (Å²) >= 11 is 0. The Morgan fingerprint density at radius 2 is 2.00 bits per heavy atom. The van der Waals surface area contributed by atoms with E-state index in [1.54, 1.807) is 0 Å². The Morgan fingerprint density at radius 1 is 1.32 bits per heavy atom. The number of nitrogens with zero attached hydrogens (tertiary/aromatic N) is 1. The van der Waals surface area contributed by atoms with Crippen LogP contribution in [0.4, 0.5) is 8.78 Å². The van der Waals surface area contributed by atoms with Gasteiger partial charge in [0.25, 0.3) is 5.91 Å². The zero-order valence-corrected chi connectivity index (χ0v) is 10.3. The zero-order valence-electron chi connectivity index (χ0n) is 10.3. The summed E-state index contributed by atoms with van der Waals surface area (Å²) in [5.41, 5.74) is -0.229. The van der Waals surface area contributed by atoms with Crippen LogP contribution in [0.15, 0.2) is 12.1 Å². The van der Waals surface area contributed by atoms with Crippen LogP contribution in [0.5, 0.6) is 0 Å².